The van der Waals surface area contributed by atoms with Gasteiger partial charge in [0.15, 0.2) is 0 Å². The maximum atomic E-state index is 10.3. The number of carboxylic acids is 1. The first-order chi connectivity index (χ1) is 13.3. The number of aliphatic hydroxyl groups excluding tert-OH is 2. The highest BCUT2D eigenvalue weighted by molar-refractivity contribution is 5.66. The molecular weight excluding hydrogens is 328 g/mol. The molecule has 26 heavy (non-hydrogen) atoms. The average molecular weight is 365 g/mol. The van der Waals surface area contributed by atoms with Crippen LogP contribution in [-0.2, 0) is 4.79 Å². The lowest BCUT2D eigenvalue weighted by Crippen LogP contribution is -1.98. The second-order valence-electron chi connectivity index (χ2n) is 5.60. The van der Waals surface area contributed by atoms with E-state index >= 15 is 0 Å². The molecule has 0 spiro atoms. The lowest BCUT2D eigenvalue weighted by molar-refractivity contribution is -0.136. The average Bonchev–Trinajstić information content (AvgIpc) is 2.62. The van der Waals surface area contributed by atoms with Crippen LogP contribution in [0.25, 0.3) is 0 Å². The van der Waals surface area contributed by atoms with E-state index in [0.29, 0.717) is 25.7 Å². The molecule has 144 valence electrons. The Balaban J connectivity index is 4.28. The molecule has 0 aromatic carbocycles. The molecule has 0 saturated heterocycles. The van der Waals surface area contributed by atoms with E-state index in [4.69, 9.17) is 7.85 Å². The molecule has 3 N–H and O–H groups in total. The van der Waals surface area contributed by atoms with E-state index in [-0.39, 0.29) is 18.5 Å². The summed E-state index contributed by atoms with van der Waals surface area (Å²) in [5, 5.41) is 28.1. The van der Waals surface area contributed by atoms with E-state index in [2.05, 4.69) is 0 Å². The minimum absolute atomic E-state index is 0.0907. The number of aliphatic carboxylic acids is 1. The van der Waals surface area contributed by atoms with Crippen LogP contribution < -0.4 is 0 Å². The van der Waals surface area contributed by atoms with Gasteiger partial charge in [0.1, 0.15) is 0 Å². The van der Waals surface area contributed by atoms with Gasteiger partial charge in [-0.15, -0.1) is 0 Å². The van der Waals surface area contributed by atoms with Crippen LogP contribution in [0, 0.1) is 0 Å². The molecule has 4 heteroatoms. The minimum atomic E-state index is -0.816. The number of rotatable bonds is 14. The summed E-state index contributed by atoms with van der Waals surface area (Å²) < 4.78 is 15.5. The summed E-state index contributed by atoms with van der Waals surface area (Å²) in [6.07, 6.45) is 18.3. The first-order valence-corrected chi connectivity index (χ1v) is 8.93. The summed E-state index contributed by atoms with van der Waals surface area (Å²) >= 11 is 0. The van der Waals surface area contributed by atoms with Crippen molar-refractivity contribution in [1.82, 2.24) is 0 Å². The number of carbonyl (C=O) groups is 1. The van der Waals surface area contributed by atoms with Crippen LogP contribution >= 0.6 is 0 Å². The van der Waals surface area contributed by atoms with Gasteiger partial charge in [-0.05, 0) is 32.1 Å². The molecule has 0 aliphatic heterocycles. The maximum Gasteiger partial charge on any atom is 0.303 e. The normalized spacial score (nSPS) is 17.3. The van der Waals surface area contributed by atoms with Crippen molar-refractivity contribution in [2.24, 2.45) is 0 Å². The van der Waals surface area contributed by atoms with Crippen molar-refractivity contribution in [1.29, 1.82) is 0 Å². The molecule has 0 amide bonds. The first kappa shape index (κ1) is 20.1. The van der Waals surface area contributed by atoms with Crippen molar-refractivity contribution in [3.8, 4) is 0 Å². The van der Waals surface area contributed by atoms with E-state index in [1.807, 2.05) is 37.3 Å². The van der Waals surface area contributed by atoms with Crippen LogP contribution in [0.1, 0.15) is 48.2 Å². The van der Waals surface area contributed by atoms with E-state index < -0.39 is 18.2 Å². The lowest BCUT2D eigenvalue weighted by Gasteiger charge is -1.99. The van der Waals surface area contributed by atoms with Gasteiger partial charge in [0, 0.05) is 6.42 Å². The Hall–Kier alpha value is -2.17. The van der Waals surface area contributed by atoms with Gasteiger partial charge in [0.2, 0.25) is 0 Å². The fourth-order valence-electron chi connectivity index (χ4n) is 1.80. The summed E-state index contributed by atoms with van der Waals surface area (Å²) in [5.41, 5.74) is 0. The van der Waals surface area contributed by atoms with E-state index in [0.717, 1.165) is 6.42 Å². The third kappa shape index (κ3) is 18.2. The molecule has 0 aliphatic carbocycles. The van der Waals surface area contributed by atoms with Gasteiger partial charge in [0.05, 0.1) is 14.9 Å². The molecule has 0 aliphatic rings. The number of hydrogen-bond donors (Lipinski definition) is 3. The van der Waals surface area contributed by atoms with Gasteiger partial charge >= 0.3 is 5.97 Å². The van der Waals surface area contributed by atoms with Crippen molar-refractivity contribution in [2.45, 2.75) is 57.7 Å². The summed E-state index contributed by atoms with van der Waals surface area (Å²) in [6, 6.07) is 0.201. The smallest absolute Gasteiger partial charge is 0.303 e. The lowest BCUT2D eigenvalue weighted by atomic mass is 10.2. The monoisotopic (exact) mass is 364 g/mol. The Morgan fingerprint density at radius 3 is 2.00 bits per heavy atom. The number of hydrogen-bond acceptors (Lipinski definition) is 3. The molecule has 0 fully saturated rings. The zero-order valence-electron chi connectivity index (χ0n) is 17.4. The molecule has 0 heterocycles. The number of aliphatic hydroxyl groups is 2. The Bertz CT molecular complexity index is 616. The highest BCUT2D eigenvalue weighted by Gasteiger charge is 1.94. The predicted octanol–water partition coefficient (Wildman–Crippen LogP) is 4.49. The van der Waals surface area contributed by atoms with Gasteiger partial charge in [-0.3, -0.25) is 4.79 Å². The molecule has 0 rings (SSSR count). The summed E-state index contributed by atoms with van der Waals surface area (Å²) in [5.74, 6) is -0.816. The van der Waals surface area contributed by atoms with Crippen molar-refractivity contribution in [2.75, 3.05) is 0 Å². The summed E-state index contributed by atoms with van der Waals surface area (Å²) in [6.45, 7) is 2.01. The molecule has 4 nitrogen and oxygen atoms in total. The number of allylic oxidation sites excluding steroid dienone is 8. The fraction of sp³-hybridized carbons (Fsp3) is 0.409. The highest BCUT2D eigenvalue weighted by Crippen LogP contribution is 2.00. The Kier molecular flexibility index (Phi) is 13.7. The molecular formula is C22H32O4. The second kappa shape index (κ2) is 17.6. The largest absolute Gasteiger partial charge is 0.481 e. The van der Waals surface area contributed by atoms with Crippen LogP contribution in [0.15, 0.2) is 72.9 Å². The molecule has 0 bridgehead atoms. The third-order valence-corrected chi connectivity index (χ3v) is 3.14. The fourth-order valence-corrected chi connectivity index (χ4v) is 1.80. The zero-order chi connectivity index (χ0) is 21.2. The Morgan fingerprint density at radius 2 is 1.46 bits per heavy atom. The molecule has 0 radical (unpaired) electrons. The van der Waals surface area contributed by atoms with E-state index in [9.17, 15) is 15.0 Å². The van der Waals surface area contributed by atoms with Crippen LogP contribution in [0.5, 0.6) is 0 Å². The topological polar surface area (TPSA) is 77.8 Å². The summed E-state index contributed by atoms with van der Waals surface area (Å²) in [4.78, 5) is 10.3. The highest BCUT2D eigenvalue weighted by atomic mass is 16.4. The van der Waals surface area contributed by atoms with Gasteiger partial charge < -0.3 is 15.3 Å². The minimum Gasteiger partial charge on any atom is -0.481 e. The van der Waals surface area contributed by atoms with Crippen LogP contribution in [0.4, 0.5) is 0 Å². The van der Waals surface area contributed by atoms with Crippen LogP contribution in [0.2, 0.25) is 0 Å². The standard InChI is InChI=1S/C22H32O4/c1-2-3-10-15-20(23)17-12-8-9-13-18-21(24)16-11-6-4-5-7-14-19-22(25)26/h3,5-13,17-18,20-21,23-24H,2,4,14-16,19H2,1H3,(H,25,26)/b7-5-,9-8-,10-3-,11-6-,17-12+,18-13+/t20-,21-/m0/s1/i12T,13T. The molecule has 0 aromatic heterocycles. The van der Waals surface area contributed by atoms with Gasteiger partial charge in [-0.2, -0.15) is 0 Å². The SMILES string of the molecule is [3H]C(/C=C\C([3H])=C\[C@@H](O)C/C=C\C/C=C\CCC(=O)O)=C\[C@@H](O)C/C=C\CC. The van der Waals surface area contributed by atoms with Crippen molar-refractivity contribution in [3.05, 3.63) is 72.9 Å². The Morgan fingerprint density at radius 1 is 0.923 bits per heavy atom. The van der Waals surface area contributed by atoms with Crippen molar-refractivity contribution < 1.29 is 22.9 Å². The van der Waals surface area contributed by atoms with Crippen molar-refractivity contribution >= 4 is 5.97 Å². The van der Waals surface area contributed by atoms with Crippen molar-refractivity contribution in [3.63, 3.8) is 0 Å². The molecule has 2 atom stereocenters. The predicted molar refractivity (Wildman–Crippen MR) is 108 cm³/mol. The van der Waals surface area contributed by atoms with Gasteiger partial charge in [-0.1, -0.05) is 79.8 Å². The number of carboxylic acid groups (broad SMARTS) is 1. The molecule has 0 aromatic rings. The third-order valence-electron chi connectivity index (χ3n) is 3.14. The second-order valence-corrected chi connectivity index (χ2v) is 5.60. The molecule has 0 saturated carbocycles. The van der Waals surface area contributed by atoms with Gasteiger partial charge in [-0.25, -0.2) is 0 Å². The van der Waals surface area contributed by atoms with E-state index in [1.165, 1.54) is 24.3 Å². The van der Waals surface area contributed by atoms with Gasteiger partial charge in [0.25, 0.3) is 0 Å². The maximum absolute atomic E-state index is 10.3. The zero-order valence-corrected chi connectivity index (χ0v) is 15.4. The quantitative estimate of drug-likeness (QED) is 0.313. The Labute approximate surface area is 160 Å². The molecule has 0 unspecified atom stereocenters. The van der Waals surface area contributed by atoms with E-state index in [1.54, 1.807) is 6.08 Å². The summed E-state index contributed by atoms with van der Waals surface area (Å²) in [7, 11) is 0. The van der Waals surface area contributed by atoms with Crippen LogP contribution in [0.3, 0.4) is 0 Å². The van der Waals surface area contributed by atoms with Crippen LogP contribution in [-0.4, -0.2) is 33.5 Å². The first-order valence-electron chi connectivity index (χ1n) is 9.93.